The predicted molar refractivity (Wildman–Crippen MR) is 114 cm³/mol. The van der Waals surface area contributed by atoms with Gasteiger partial charge >= 0.3 is 6.18 Å². The van der Waals surface area contributed by atoms with E-state index in [2.05, 4.69) is 15.3 Å². The molecule has 0 bridgehead atoms. The average Bonchev–Trinajstić information content (AvgIpc) is 2.72. The highest BCUT2D eigenvalue weighted by Gasteiger charge is 2.33. The van der Waals surface area contributed by atoms with Crippen molar-refractivity contribution in [2.75, 3.05) is 5.32 Å². The van der Waals surface area contributed by atoms with E-state index in [1.165, 1.54) is 0 Å². The van der Waals surface area contributed by atoms with Crippen molar-refractivity contribution < 1.29 is 17.6 Å². The zero-order valence-electron chi connectivity index (χ0n) is 15.8. The Kier molecular flexibility index (Phi) is 5.90. The van der Waals surface area contributed by atoms with E-state index in [9.17, 15) is 17.6 Å². The second-order valence-electron chi connectivity index (χ2n) is 7.04. The van der Waals surface area contributed by atoms with Crippen LogP contribution in [0.25, 0.3) is 10.9 Å². The lowest BCUT2D eigenvalue weighted by Gasteiger charge is -2.28. The highest BCUT2D eigenvalue weighted by Crippen LogP contribution is 2.38. The SMILES string of the molecule is Fc1cc(C(F)(F)F)cnc1NC(C1=CC=C(Cl)CC1Cl)c1ccc2cccnc2c1. The summed E-state index contributed by atoms with van der Waals surface area (Å²) in [5.41, 5.74) is 0.936. The fourth-order valence-electron chi connectivity index (χ4n) is 3.38. The molecule has 160 valence electrons. The van der Waals surface area contributed by atoms with Gasteiger partial charge in [0, 0.05) is 29.2 Å². The smallest absolute Gasteiger partial charge is 0.357 e. The van der Waals surface area contributed by atoms with Gasteiger partial charge in [0.05, 0.1) is 22.5 Å². The first-order valence-electron chi connectivity index (χ1n) is 9.26. The number of allylic oxidation sites excluding steroid dienone is 3. The lowest BCUT2D eigenvalue weighted by molar-refractivity contribution is -0.138. The standard InChI is InChI=1S/C22H15Cl2F4N3/c23-15-5-6-16(17(24)10-15)20(13-4-3-12-2-1-7-29-19(12)8-13)31-21-18(25)9-14(11-30-21)22(26,27)28/h1-9,11,17,20H,10H2,(H,30,31). The molecule has 9 heteroatoms. The molecule has 1 aliphatic carbocycles. The van der Waals surface area contributed by atoms with E-state index in [-0.39, 0.29) is 5.82 Å². The number of nitrogens with zero attached hydrogens (tertiary/aromatic N) is 2. The van der Waals surface area contributed by atoms with E-state index in [1.807, 2.05) is 30.3 Å². The largest absolute Gasteiger partial charge is 0.417 e. The van der Waals surface area contributed by atoms with Crippen LogP contribution in [0.3, 0.4) is 0 Å². The number of hydrogen-bond donors (Lipinski definition) is 1. The highest BCUT2D eigenvalue weighted by atomic mass is 35.5. The van der Waals surface area contributed by atoms with Gasteiger partial charge in [-0.3, -0.25) is 4.98 Å². The minimum Gasteiger partial charge on any atom is -0.357 e. The number of halogens is 6. The van der Waals surface area contributed by atoms with Crippen molar-refractivity contribution in [3.8, 4) is 0 Å². The van der Waals surface area contributed by atoms with Gasteiger partial charge in [0.1, 0.15) is 0 Å². The Bertz CT molecular complexity index is 1190. The molecule has 0 saturated heterocycles. The summed E-state index contributed by atoms with van der Waals surface area (Å²) in [6.07, 6.45) is 1.35. The highest BCUT2D eigenvalue weighted by molar-refractivity contribution is 6.31. The predicted octanol–water partition coefficient (Wildman–Crippen LogP) is 7.00. The molecule has 2 heterocycles. The van der Waals surface area contributed by atoms with Crippen LogP contribution in [0.1, 0.15) is 23.6 Å². The van der Waals surface area contributed by atoms with Gasteiger partial charge in [-0.05, 0) is 35.4 Å². The van der Waals surface area contributed by atoms with Crippen LogP contribution in [-0.4, -0.2) is 15.3 Å². The number of aromatic nitrogens is 2. The molecule has 3 nitrogen and oxygen atoms in total. The van der Waals surface area contributed by atoms with E-state index < -0.39 is 29.0 Å². The molecule has 2 unspecified atom stereocenters. The topological polar surface area (TPSA) is 37.8 Å². The minimum atomic E-state index is -4.69. The Morgan fingerprint density at radius 2 is 1.90 bits per heavy atom. The van der Waals surface area contributed by atoms with Gasteiger partial charge in [0.25, 0.3) is 0 Å². The number of fused-ring (bicyclic) bond motifs is 1. The first kappa shape index (κ1) is 21.6. The molecule has 0 saturated carbocycles. The third kappa shape index (κ3) is 4.67. The van der Waals surface area contributed by atoms with Gasteiger partial charge in [-0.15, -0.1) is 11.6 Å². The van der Waals surface area contributed by atoms with Crippen LogP contribution in [0.2, 0.25) is 0 Å². The normalized spacial score (nSPS) is 17.8. The Morgan fingerprint density at radius 3 is 2.61 bits per heavy atom. The molecule has 2 atom stereocenters. The molecule has 4 rings (SSSR count). The maximum absolute atomic E-state index is 14.5. The van der Waals surface area contributed by atoms with Crippen LogP contribution in [0, 0.1) is 5.82 Å². The van der Waals surface area contributed by atoms with Crippen molar-refractivity contribution in [1.29, 1.82) is 0 Å². The van der Waals surface area contributed by atoms with Gasteiger partial charge in [-0.1, -0.05) is 35.9 Å². The van der Waals surface area contributed by atoms with Gasteiger partial charge < -0.3 is 5.32 Å². The van der Waals surface area contributed by atoms with Crippen molar-refractivity contribution in [2.45, 2.75) is 24.0 Å². The Labute approximate surface area is 185 Å². The third-order valence-corrected chi connectivity index (χ3v) is 5.63. The van der Waals surface area contributed by atoms with Crippen LogP contribution in [0.5, 0.6) is 0 Å². The quantitative estimate of drug-likeness (QED) is 0.331. The number of hydrogen-bond acceptors (Lipinski definition) is 3. The Balaban J connectivity index is 1.77. The molecular weight excluding hydrogens is 453 g/mol. The molecule has 1 aromatic carbocycles. The first-order valence-corrected chi connectivity index (χ1v) is 10.1. The first-order chi connectivity index (χ1) is 14.7. The van der Waals surface area contributed by atoms with E-state index in [4.69, 9.17) is 23.2 Å². The summed E-state index contributed by atoms with van der Waals surface area (Å²) in [6, 6.07) is 8.97. The van der Waals surface area contributed by atoms with Crippen LogP contribution in [-0.2, 0) is 6.18 Å². The van der Waals surface area contributed by atoms with E-state index >= 15 is 0 Å². The van der Waals surface area contributed by atoms with Crippen LogP contribution < -0.4 is 5.32 Å². The molecular formula is C22H15Cl2F4N3. The summed E-state index contributed by atoms with van der Waals surface area (Å²) in [5, 5.41) is 3.90. The zero-order valence-corrected chi connectivity index (χ0v) is 17.3. The summed E-state index contributed by atoms with van der Waals surface area (Å²) in [6.45, 7) is 0. The average molecular weight is 468 g/mol. The van der Waals surface area contributed by atoms with E-state index in [0.29, 0.717) is 40.4 Å². The molecule has 0 fully saturated rings. The van der Waals surface area contributed by atoms with Gasteiger partial charge in [0.2, 0.25) is 0 Å². The zero-order chi connectivity index (χ0) is 22.2. The monoisotopic (exact) mass is 467 g/mol. The number of anilines is 1. The number of rotatable bonds is 4. The Morgan fingerprint density at radius 1 is 1.10 bits per heavy atom. The van der Waals surface area contributed by atoms with Crippen molar-refractivity contribution in [3.05, 3.63) is 88.5 Å². The fourth-order valence-corrected chi connectivity index (χ4v) is 4.04. The number of alkyl halides is 4. The second-order valence-corrected chi connectivity index (χ2v) is 8.05. The van der Waals surface area contributed by atoms with Crippen molar-refractivity contribution in [1.82, 2.24) is 9.97 Å². The molecule has 0 amide bonds. The van der Waals surface area contributed by atoms with Crippen LogP contribution >= 0.6 is 23.2 Å². The molecule has 1 N–H and O–H groups in total. The van der Waals surface area contributed by atoms with Gasteiger partial charge in [0.15, 0.2) is 11.6 Å². The minimum absolute atomic E-state index is 0.315. The molecule has 0 spiro atoms. The van der Waals surface area contributed by atoms with Gasteiger partial charge in [-0.2, -0.15) is 13.2 Å². The molecule has 2 aromatic heterocycles. The van der Waals surface area contributed by atoms with E-state index in [1.54, 1.807) is 18.3 Å². The van der Waals surface area contributed by atoms with Crippen molar-refractivity contribution in [2.24, 2.45) is 0 Å². The third-order valence-electron chi connectivity index (χ3n) is 4.94. The summed E-state index contributed by atoms with van der Waals surface area (Å²) in [4.78, 5) is 8.01. The van der Waals surface area contributed by atoms with Crippen LogP contribution in [0.15, 0.2) is 71.5 Å². The summed E-state index contributed by atoms with van der Waals surface area (Å²) in [5.74, 6) is -1.43. The maximum Gasteiger partial charge on any atom is 0.417 e. The lowest BCUT2D eigenvalue weighted by Crippen LogP contribution is -2.22. The van der Waals surface area contributed by atoms with Crippen molar-refractivity contribution >= 4 is 39.9 Å². The Hall–Kier alpha value is -2.64. The number of pyridine rings is 2. The second kappa shape index (κ2) is 8.48. The van der Waals surface area contributed by atoms with Gasteiger partial charge in [-0.25, -0.2) is 9.37 Å². The number of nitrogens with one attached hydrogen (secondary N) is 1. The molecule has 31 heavy (non-hydrogen) atoms. The molecule has 3 aromatic rings. The summed E-state index contributed by atoms with van der Waals surface area (Å²) >= 11 is 12.6. The van der Waals surface area contributed by atoms with E-state index in [0.717, 1.165) is 5.39 Å². The molecule has 0 radical (unpaired) electrons. The molecule has 1 aliphatic rings. The summed E-state index contributed by atoms with van der Waals surface area (Å²) < 4.78 is 53.1. The summed E-state index contributed by atoms with van der Waals surface area (Å²) in [7, 11) is 0. The molecule has 0 aliphatic heterocycles. The fraction of sp³-hybridized carbons (Fsp3) is 0.182. The lowest BCUT2D eigenvalue weighted by atomic mass is 9.91. The van der Waals surface area contributed by atoms with Crippen LogP contribution in [0.4, 0.5) is 23.4 Å². The maximum atomic E-state index is 14.5. The van der Waals surface area contributed by atoms with Crippen molar-refractivity contribution in [3.63, 3.8) is 0 Å². The number of benzene rings is 1.